The third-order valence-corrected chi connectivity index (χ3v) is 2.00. The van der Waals surface area contributed by atoms with Crippen molar-refractivity contribution < 1.29 is 14.3 Å². The Labute approximate surface area is 73.2 Å². The van der Waals surface area contributed by atoms with Crippen molar-refractivity contribution >= 4 is 23.9 Å². The van der Waals surface area contributed by atoms with Gasteiger partial charge in [-0.2, -0.15) is 0 Å². The molecule has 0 unspecified atom stereocenters. The van der Waals surface area contributed by atoms with Crippen LogP contribution in [0.1, 0.15) is 14.7 Å². The third-order valence-electron chi connectivity index (χ3n) is 1.12. The van der Waals surface area contributed by atoms with E-state index in [0.29, 0.717) is 17.4 Å². The minimum Gasteiger partial charge on any atom is -0.469 e. The van der Waals surface area contributed by atoms with E-state index in [1.165, 1.54) is 11.3 Å². The number of rotatable bonds is 4. The Morgan fingerprint density at radius 2 is 2.33 bits per heavy atom. The van der Waals surface area contributed by atoms with Gasteiger partial charge in [-0.15, -0.1) is 11.3 Å². The average Bonchev–Trinajstić information content (AvgIpc) is 2.42. The molecule has 0 aliphatic carbocycles. The number of hydrogen-bond acceptors (Lipinski definition) is 5. The molecule has 0 spiro atoms. The number of aromatic nitrogens is 1. The Bertz CT molecular complexity index is 295. The molecular weight excluding hydrogens is 178 g/mol. The molecule has 0 aliphatic heterocycles. The number of aldehydes is 2. The highest BCUT2D eigenvalue weighted by molar-refractivity contribution is 7.13. The summed E-state index contributed by atoms with van der Waals surface area (Å²) >= 11 is 1.24. The molecule has 0 N–H and O–H groups in total. The van der Waals surface area contributed by atoms with Crippen LogP contribution in [0.3, 0.4) is 0 Å². The molecule has 0 atom stereocenters. The predicted octanol–water partition coefficient (Wildman–Crippen LogP) is 0.842. The zero-order valence-electron chi connectivity index (χ0n) is 6.44. The highest BCUT2D eigenvalue weighted by atomic mass is 32.1. The van der Waals surface area contributed by atoms with Gasteiger partial charge in [0, 0.05) is 0 Å². The summed E-state index contributed by atoms with van der Waals surface area (Å²) in [6, 6.07) is 0. The first-order valence-corrected chi connectivity index (χ1v) is 4.08. The molecule has 0 fully saturated rings. The number of ether oxygens (including phenoxy) is 1. The Morgan fingerprint density at radius 1 is 1.58 bits per heavy atom. The first kappa shape index (κ1) is 8.86. The van der Waals surface area contributed by atoms with Crippen LogP contribution in [0.2, 0.25) is 0 Å². The molecule has 0 aliphatic rings. The van der Waals surface area contributed by atoms with E-state index in [2.05, 4.69) is 4.98 Å². The minimum atomic E-state index is -0.0655. The molecule has 1 aromatic rings. The highest BCUT2D eigenvalue weighted by Gasteiger charge is 2.08. The van der Waals surface area contributed by atoms with Gasteiger partial charge < -0.3 is 4.74 Å². The quantitative estimate of drug-likeness (QED) is 0.652. The van der Waals surface area contributed by atoms with Crippen LogP contribution in [0.5, 0.6) is 5.88 Å². The lowest BCUT2D eigenvalue weighted by atomic mass is 10.6. The van der Waals surface area contributed by atoms with Gasteiger partial charge in [-0.1, -0.05) is 0 Å². The van der Waals surface area contributed by atoms with Crippen LogP contribution in [0.15, 0.2) is 0 Å². The van der Waals surface area contributed by atoms with E-state index < -0.39 is 0 Å². The molecule has 12 heavy (non-hydrogen) atoms. The van der Waals surface area contributed by atoms with Crippen molar-refractivity contribution in [3.8, 4) is 5.88 Å². The topological polar surface area (TPSA) is 56.3 Å². The Hall–Kier alpha value is -1.23. The van der Waals surface area contributed by atoms with E-state index in [1.807, 2.05) is 0 Å². The largest absolute Gasteiger partial charge is 0.469 e. The van der Waals surface area contributed by atoms with Crippen molar-refractivity contribution in [2.45, 2.75) is 6.92 Å². The number of thiazole rings is 1. The highest BCUT2D eigenvalue weighted by Crippen LogP contribution is 2.22. The van der Waals surface area contributed by atoms with E-state index in [4.69, 9.17) is 4.74 Å². The monoisotopic (exact) mass is 185 g/mol. The van der Waals surface area contributed by atoms with Gasteiger partial charge in [-0.05, 0) is 6.92 Å². The van der Waals surface area contributed by atoms with Gasteiger partial charge in [0.1, 0.15) is 11.5 Å². The molecule has 1 heterocycles. The zero-order chi connectivity index (χ0) is 8.97. The molecular formula is C7H7NO3S. The molecule has 0 saturated heterocycles. The van der Waals surface area contributed by atoms with Gasteiger partial charge in [0.15, 0.2) is 12.6 Å². The lowest BCUT2D eigenvalue weighted by molar-refractivity contribution is -0.109. The predicted molar refractivity (Wildman–Crippen MR) is 43.8 cm³/mol. The molecule has 0 amide bonds. The lowest BCUT2D eigenvalue weighted by Crippen LogP contribution is -1.99. The average molecular weight is 185 g/mol. The van der Waals surface area contributed by atoms with Crippen LogP contribution >= 0.6 is 11.3 Å². The first-order chi connectivity index (χ1) is 5.77. The molecule has 1 rings (SSSR count). The van der Waals surface area contributed by atoms with Crippen molar-refractivity contribution in [1.29, 1.82) is 0 Å². The SMILES string of the molecule is Cc1nc(OCC=O)c(C=O)s1. The van der Waals surface area contributed by atoms with E-state index in [9.17, 15) is 9.59 Å². The molecule has 0 saturated carbocycles. The fraction of sp³-hybridized carbons (Fsp3) is 0.286. The number of aryl methyl sites for hydroxylation is 1. The van der Waals surface area contributed by atoms with Gasteiger partial charge >= 0.3 is 0 Å². The summed E-state index contributed by atoms with van der Waals surface area (Å²) in [6.45, 7) is 1.70. The van der Waals surface area contributed by atoms with Crippen molar-refractivity contribution in [2.24, 2.45) is 0 Å². The van der Waals surface area contributed by atoms with Crippen LogP contribution < -0.4 is 4.74 Å². The molecule has 5 heteroatoms. The lowest BCUT2D eigenvalue weighted by Gasteiger charge is -1.95. The maximum absolute atomic E-state index is 10.4. The van der Waals surface area contributed by atoms with Gasteiger partial charge in [-0.3, -0.25) is 9.59 Å². The fourth-order valence-corrected chi connectivity index (χ4v) is 1.40. The maximum Gasteiger partial charge on any atom is 0.236 e. The summed E-state index contributed by atoms with van der Waals surface area (Å²) in [5.41, 5.74) is 0. The normalized spacial score (nSPS) is 9.42. The second-order valence-electron chi connectivity index (χ2n) is 2.00. The second-order valence-corrected chi connectivity index (χ2v) is 3.23. The summed E-state index contributed by atoms with van der Waals surface area (Å²) in [5.74, 6) is 0.250. The Kier molecular flexibility index (Phi) is 2.93. The first-order valence-electron chi connectivity index (χ1n) is 3.27. The molecule has 64 valence electrons. The van der Waals surface area contributed by atoms with E-state index in [1.54, 1.807) is 6.92 Å². The number of carbonyl (C=O) groups excluding carboxylic acids is 2. The molecule has 1 aromatic heterocycles. The van der Waals surface area contributed by atoms with Gasteiger partial charge in [0.05, 0.1) is 5.01 Å². The van der Waals surface area contributed by atoms with Crippen molar-refractivity contribution in [2.75, 3.05) is 6.61 Å². The van der Waals surface area contributed by atoms with Crippen LogP contribution in [0.4, 0.5) is 0 Å². The van der Waals surface area contributed by atoms with E-state index >= 15 is 0 Å². The third kappa shape index (κ3) is 1.88. The summed E-state index contributed by atoms with van der Waals surface area (Å²) in [7, 11) is 0. The molecule has 4 nitrogen and oxygen atoms in total. The standard InChI is InChI=1S/C7H7NO3S/c1-5-8-7(11-3-2-9)6(4-10)12-5/h2,4H,3H2,1H3. The smallest absolute Gasteiger partial charge is 0.236 e. The summed E-state index contributed by atoms with van der Waals surface area (Å²) in [4.78, 5) is 24.7. The van der Waals surface area contributed by atoms with Crippen LogP contribution in [0, 0.1) is 6.92 Å². The fourth-order valence-electron chi connectivity index (χ4n) is 0.715. The zero-order valence-corrected chi connectivity index (χ0v) is 7.26. The van der Waals surface area contributed by atoms with Gasteiger partial charge in [-0.25, -0.2) is 4.98 Å². The second kappa shape index (κ2) is 3.96. The van der Waals surface area contributed by atoms with Crippen molar-refractivity contribution in [1.82, 2.24) is 4.98 Å². The minimum absolute atomic E-state index is 0.0655. The number of carbonyl (C=O) groups is 2. The summed E-state index contributed by atoms with van der Waals surface area (Å²) < 4.78 is 4.90. The Morgan fingerprint density at radius 3 is 2.92 bits per heavy atom. The number of nitrogens with zero attached hydrogens (tertiary/aromatic N) is 1. The van der Waals surface area contributed by atoms with E-state index in [-0.39, 0.29) is 12.5 Å². The van der Waals surface area contributed by atoms with Crippen molar-refractivity contribution in [3.05, 3.63) is 9.88 Å². The number of hydrogen-bond donors (Lipinski definition) is 0. The maximum atomic E-state index is 10.4. The molecule has 0 aromatic carbocycles. The molecule has 0 radical (unpaired) electrons. The van der Waals surface area contributed by atoms with Crippen molar-refractivity contribution in [3.63, 3.8) is 0 Å². The summed E-state index contributed by atoms with van der Waals surface area (Å²) in [5, 5.41) is 0.748. The van der Waals surface area contributed by atoms with E-state index in [0.717, 1.165) is 5.01 Å². The van der Waals surface area contributed by atoms with Crippen LogP contribution in [-0.4, -0.2) is 24.2 Å². The van der Waals surface area contributed by atoms with Gasteiger partial charge in [0.25, 0.3) is 0 Å². The van der Waals surface area contributed by atoms with Gasteiger partial charge in [0.2, 0.25) is 5.88 Å². The summed E-state index contributed by atoms with van der Waals surface area (Å²) in [6.07, 6.45) is 1.29. The van der Waals surface area contributed by atoms with Crippen LogP contribution in [-0.2, 0) is 4.79 Å². The van der Waals surface area contributed by atoms with Crippen LogP contribution in [0.25, 0.3) is 0 Å². The molecule has 0 bridgehead atoms. The Balaban J connectivity index is 2.81.